The summed E-state index contributed by atoms with van der Waals surface area (Å²) >= 11 is 5.99. The first-order valence-corrected chi connectivity index (χ1v) is 6.93. The van der Waals surface area contributed by atoms with E-state index < -0.39 is 0 Å². The fourth-order valence-corrected chi connectivity index (χ4v) is 2.32. The Morgan fingerprint density at radius 1 is 1.24 bits per heavy atom. The smallest absolute Gasteiger partial charge is 0.172 e. The first-order chi connectivity index (χ1) is 10.0. The summed E-state index contributed by atoms with van der Waals surface area (Å²) in [6.07, 6.45) is 0. The van der Waals surface area contributed by atoms with Gasteiger partial charge in [0.15, 0.2) is 5.84 Å². The van der Waals surface area contributed by atoms with Gasteiger partial charge in [0, 0.05) is 29.9 Å². The molecule has 0 saturated carbocycles. The second-order valence-corrected chi connectivity index (χ2v) is 5.42. The molecule has 5 heteroatoms. The number of aryl methyl sites for hydroxylation is 1. The normalized spacial score (nSPS) is 11.5. The van der Waals surface area contributed by atoms with Crippen molar-refractivity contribution in [1.29, 1.82) is 0 Å². The largest absolute Gasteiger partial charge is 0.409 e. The Hall–Kier alpha value is -2.20. The number of oxime groups is 1. The van der Waals surface area contributed by atoms with Crippen molar-refractivity contribution in [2.45, 2.75) is 13.5 Å². The number of hydrogen-bond acceptors (Lipinski definition) is 3. The van der Waals surface area contributed by atoms with Crippen molar-refractivity contribution in [2.24, 2.45) is 10.9 Å². The number of nitrogens with zero attached hydrogens (tertiary/aromatic N) is 2. The molecule has 2 aromatic rings. The van der Waals surface area contributed by atoms with Crippen LogP contribution in [0.3, 0.4) is 0 Å². The molecular formula is C16H18ClN3O. The van der Waals surface area contributed by atoms with Crippen LogP contribution in [-0.2, 0) is 6.54 Å². The van der Waals surface area contributed by atoms with Gasteiger partial charge in [0.05, 0.1) is 0 Å². The highest BCUT2D eigenvalue weighted by Crippen LogP contribution is 2.24. The average molecular weight is 304 g/mol. The summed E-state index contributed by atoms with van der Waals surface area (Å²) in [5.74, 6) is 0.0447. The lowest BCUT2D eigenvalue weighted by Gasteiger charge is -2.22. The molecule has 0 aliphatic rings. The topological polar surface area (TPSA) is 61.8 Å². The van der Waals surface area contributed by atoms with Crippen molar-refractivity contribution >= 4 is 23.1 Å². The van der Waals surface area contributed by atoms with Gasteiger partial charge in [-0.15, -0.1) is 0 Å². The zero-order valence-corrected chi connectivity index (χ0v) is 12.8. The molecule has 0 aliphatic carbocycles. The SMILES string of the molecule is Cc1ccc(CN(C)c2ccc(Cl)cc2C(N)=NO)cc1. The molecule has 110 valence electrons. The van der Waals surface area contributed by atoms with Crippen LogP contribution in [0.4, 0.5) is 5.69 Å². The van der Waals surface area contributed by atoms with Crippen LogP contribution < -0.4 is 10.6 Å². The number of hydrogen-bond donors (Lipinski definition) is 2. The van der Waals surface area contributed by atoms with Gasteiger partial charge in [-0.1, -0.05) is 46.6 Å². The summed E-state index contributed by atoms with van der Waals surface area (Å²) in [5.41, 5.74) is 9.61. The molecule has 4 nitrogen and oxygen atoms in total. The molecular weight excluding hydrogens is 286 g/mol. The average Bonchev–Trinajstić information content (AvgIpc) is 2.48. The standard InChI is InChI=1S/C16H18ClN3O/c1-11-3-5-12(6-4-11)10-20(2)15-8-7-13(17)9-14(15)16(18)19-21/h3-9,21H,10H2,1-2H3,(H2,18,19). The van der Waals surface area contributed by atoms with Crippen LogP contribution in [0.15, 0.2) is 47.6 Å². The van der Waals surface area contributed by atoms with Gasteiger partial charge in [-0.2, -0.15) is 0 Å². The number of anilines is 1. The Bertz CT molecular complexity index is 653. The number of amidine groups is 1. The van der Waals surface area contributed by atoms with Crippen molar-refractivity contribution in [1.82, 2.24) is 0 Å². The lowest BCUT2D eigenvalue weighted by Crippen LogP contribution is -2.22. The van der Waals surface area contributed by atoms with E-state index in [0.29, 0.717) is 17.1 Å². The van der Waals surface area contributed by atoms with Crippen molar-refractivity contribution in [3.8, 4) is 0 Å². The predicted octanol–water partition coefficient (Wildman–Crippen LogP) is 3.38. The third kappa shape index (κ3) is 3.67. The first-order valence-electron chi connectivity index (χ1n) is 6.55. The van der Waals surface area contributed by atoms with E-state index in [1.165, 1.54) is 11.1 Å². The quantitative estimate of drug-likeness (QED) is 0.394. The molecule has 0 aromatic heterocycles. The summed E-state index contributed by atoms with van der Waals surface area (Å²) in [7, 11) is 1.96. The van der Waals surface area contributed by atoms with Crippen LogP contribution >= 0.6 is 11.6 Å². The van der Waals surface area contributed by atoms with Gasteiger partial charge in [0.1, 0.15) is 0 Å². The van der Waals surface area contributed by atoms with E-state index in [4.69, 9.17) is 22.5 Å². The molecule has 0 spiro atoms. The van der Waals surface area contributed by atoms with Crippen molar-refractivity contribution in [2.75, 3.05) is 11.9 Å². The lowest BCUT2D eigenvalue weighted by molar-refractivity contribution is 0.318. The maximum absolute atomic E-state index is 8.91. The Morgan fingerprint density at radius 2 is 1.90 bits per heavy atom. The Balaban J connectivity index is 2.30. The van der Waals surface area contributed by atoms with Crippen LogP contribution in [0.2, 0.25) is 5.02 Å². The minimum atomic E-state index is 0.0447. The monoisotopic (exact) mass is 303 g/mol. The van der Waals surface area contributed by atoms with Gasteiger partial charge in [-0.3, -0.25) is 0 Å². The molecule has 21 heavy (non-hydrogen) atoms. The molecule has 0 unspecified atom stereocenters. The third-order valence-corrected chi connectivity index (χ3v) is 3.53. The van der Waals surface area contributed by atoms with E-state index in [0.717, 1.165) is 5.69 Å². The fourth-order valence-electron chi connectivity index (χ4n) is 2.15. The Labute approximate surface area is 129 Å². The van der Waals surface area contributed by atoms with Crippen molar-refractivity contribution in [3.05, 3.63) is 64.2 Å². The molecule has 0 heterocycles. The molecule has 0 bridgehead atoms. The molecule has 2 rings (SSSR count). The van der Waals surface area contributed by atoms with Gasteiger partial charge in [0.2, 0.25) is 0 Å². The van der Waals surface area contributed by atoms with E-state index in [1.807, 2.05) is 18.0 Å². The zero-order chi connectivity index (χ0) is 15.4. The molecule has 0 fully saturated rings. The van der Waals surface area contributed by atoms with Gasteiger partial charge in [-0.05, 0) is 30.7 Å². The molecule has 0 amide bonds. The van der Waals surface area contributed by atoms with Gasteiger partial charge in [0.25, 0.3) is 0 Å². The zero-order valence-electron chi connectivity index (χ0n) is 12.0. The van der Waals surface area contributed by atoms with Crippen molar-refractivity contribution in [3.63, 3.8) is 0 Å². The van der Waals surface area contributed by atoms with E-state index in [9.17, 15) is 0 Å². The number of nitrogens with two attached hydrogens (primary N) is 1. The highest BCUT2D eigenvalue weighted by atomic mass is 35.5. The lowest BCUT2D eigenvalue weighted by atomic mass is 10.1. The summed E-state index contributed by atoms with van der Waals surface area (Å²) < 4.78 is 0. The van der Waals surface area contributed by atoms with Crippen LogP contribution in [0.25, 0.3) is 0 Å². The maximum atomic E-state index is 8.91. The summed E-state index contributed by atoms with van der Waals surface area (Å²) in [6.45, 7) is 2.77. The van der Waals surface area contributed by atoms with Gasteiger partial charge < -0.3 is 15.8 Å². The van der Waals surface area contributed by atoms with E-state index >= 15 is 0 Å². The number of benzene rings is 2. The maximum Gasteiger partial charge on any atom is 0.172 e. The molecule has 2 aromatic carbocycles. The summed E-state index contributed by atoms with van der Waals surface area (Å²) in [5, 5.41) is 12.5. The van der Waals surface area contributed by atoms with Gasteiger partial charge in [-0.25, -0.2) is 0 Å². The summed E-state index contributed by atoms with van der Waals surface area (Å²) in [6, 6.07) is 13.7. The van der Waals surface area contributed by atoms with Crippen LogP contribution in [-0.4, -0.2) is 18.1 Å². The first kappa shape index (κ1) is 15.2. The third-order valence-electron chi connectivity index (χ3n) is 3.29. The molecule has 3 N–H and O–H groups in total. The van der Waals surface area contributed by atoms with Gasteiger partial charge >= 0.3 is 0 Å². The van der Waals surface area contributed by atoms with E-state index in [2.05, 4.69) is 36.3 Å². The number of halogens is 1. The highest BCUT2D eigenvalue weighted by Gasteiger charge is 2.12. The van der Waals surface area contributed by atoms with Crippen LogP contribution in [0.1, 0.15) is 16.7 Å². The van der Waals surface area contributed by atoms with Crippen LogP contribution in [0.5, 0.6) is 0 Å². The predicted molar refractivity (Wildman–Crippen MR) is 87.2 cm³/mol. The second kappa shape index (κ2) is 6.50. The van der Waals surface area contributed by atoms with E-state index in [-0.39, 0.29) is 5.84 Å². The summed E-state index contributed by atoms with van der Waals surface area (Å²) in [4.78, 5) is 2.04. The van der Waals surface area contributed by atoms with Crippen LogP contribution in [0, 0.1) is 6.92 Å². The van der Waals surface area contributed by atoms with Crippen molar-refractivity contribution < 1.29 is 5.21 Å². The molecule has 0 atom stereocenters. The minimum absolute atomic E-state index is 0.0447. The highest BCUT2D eigenvalue weighted by molar-refractivity contribution is 6.31. The minimum Gasteiger partial charge on any atom is -0.409 e. The second-order valence-electron chi connectivity index (χ2n) is 4.99. The Morgan fingerprint density at radius 3 is 2.52 bits per heavy atom. The molecule has 0 saturated heterocycles. The Kier molecular flexibility index (Phi) is 4.70. The number of rotatable bonds is 4. The molecule has 0 aliphatic heterocycles. The van der Waals surface area contributed by atoms with E-state index in [1.54, 1.807) is 12.1 Å². The fraction of sp³-hybridized carbons (Fsp3) is 0.188. The molecule has 0 radical (unpaired) electrons.